The Kier molecular flexibility index (Phi) is 8.26. The molecule has 0 heterocycles. The van der Waals surface area contributed by atoms with Crippen molar-refractivity contribution in [2.45, 2.75) is 20.8 Å². The minimum Gasteiger partial charge on any atom is -0.473 e. The summed E-state index contributed by atoms with van der Waals surface area (Å²) in [7, 11) is 0. The van der Waals surface area contributed by atoms with E-state index < -0.39 is 5.83 Å². The highest BCUT2D eigenvalue weighted by Gasteiger charge is 2.09. The van der Waals surface area contributed by atoms with Gasteiger partial charge in [0.1, 0.15) is 18.5 Å². The highest BCUT2D eigenvalue weighted by molar-refractivity contribution is 6.32. The monoisotopic (exact) mass is 374 g/mol. The molecule has 0 amide bonds. The summed E-state index contributed by atoms with van der Waals surface area (Å²) in [6.45, 7) is 8.60. The van der Waals surface area contributed by atoms with Crippen LogP contribution in [-0.4, -0.2) is 18.5 Å². The SMILES string of the molecule is C=C(/N=C\C(F)=C/C)OC/C(C(C)=N)=C(\C)Nc1ccc(C#N)c(Cl)c1. The van der Waals surface area contributed by atoms with E-state index in [1.54, 1.807) is 39.0 Å². The quantitative estimate of drug-likeness (QED) is 0.474. The van der Waals surface area contributed by atoms with Gasteiger partial charge in [-0.2, -0.15) is 5.26 Å². The van der Waals surface area contributed by atoms with Crippen LogP contribution >= 0.6 is 11.6 Å². The van der Waals surface area contributed by atoms with Crippen molar-refractivity contribution in [3.8, 4) is 6.07 Å². The molecule has 0 aliphatic heterocycles. The summed E-state index contributed by atoms with van der Waals surface area (Å²) >= 11 is 6.02. The molecule has 0 aliphatic carbocycles. The molecule has 0 saturated carbocycles. The molecule has 0 unspecified atom stereocenters. The lowest BCUT2D eigenvalue weighted by atomic mass is 10.1. The molecule has 0 aliphatic rings. The number of ether oxygens (including phenoxy) is 1. The Balaban J connectivity index is 2.88. The molecule has 0 fully saturated rings. The highest BCUT2D eigenvalue weighted by atomic mass is 35.5. The van der Waals surface area contributed by atoms with Gasteiger partial charge in [-0.25, -0.2) is 9.38 Å². The first kappa shape index (κ1) is 21.1. The van der Waals surface area contributed by atoms with Gasteiger partial charge in [0.2, 0.25) is 5.88 Å². The predicted molar refractivity (Wildman–Crippen MR) is 104 cm³/mol. The molecule has 0 atom stereocenters. The largest absolute Gasteiger partial charge is 0.473 e. The van der Waals surface area contributed by atoms with Crippen molar-refractivity contribution < 1.29 is 9.13 Å². The van der Waals surface area contributed by atoms with Crippen molar-refractivity contribution in [2.75, 3.05) is 11.9 Å². The van der Waals surface area contributed by atoms with Gasteiger partial charge < -0.3 is 15.5 Å². The first-order valence-corrected chi connectivity index (χ1v) is 8.05. The lowest BCUT2D eigenvalue weighted by molar-refractivity contribution is 0.242. The van der Waals surface area contributed by atoms with Crippen LogP contribution in [0.1, 0.15) is 26.3 Å². The first-order chi connectivity index (χ1) is 12.3. The second-order valence-electron chi connectivity index (χ2n) is 5.27. The number of nitriles is 1. The molecule has 0 aromatic heterocycles. The molecule has 0 bridgehead atoms. The number of anilines is 1. The normalized spacial score (nSPS) is 12.4. The second kappa shape index (κ2) is 10.2. The summed E-state index contributed by atoms with van der Waals surface area (Å²) in [4.78, 5) is 3.75. The fourth-order valence-electron chi connectivity index (χ4n) is 1.87. The van der Waals surface area contributed by atoms with Gasteiger partial charge in [-0.1, -0.05) is 17.7 Å². The number of nitrogens with one attached hydrogen (secondary N) is 2. The third-order valence-corrected chi connectivity index (χ3v) is 3.63. The number of rotatable bonds is 8. The van der Waals surface area contributed by atoms with E-state index in [4.69, 9.17) is 27.0 Å². The topological polar surface area (TPSA) is 81.3 Å². The summed E-state index contributed by atoms with van der Waals surface area (Å²) in [6, 6.07) is 6.95. The molecule has 1 aromatic carbocycles. The second-order valence-corrected chi connectivity index (χ2v) is 5.68. The number of hydrogen-bond acceptors (Lipinski definition) is 5. The summed E-state index contributed by atoms with van der Waals surface area (Å²) in [5.41, 5.74) is 2.62. The third-order valence-electron chi connectivity index (χ3n) is 3.32. The molecular formula is C19H20ClFN4O. The zero-order chi connectivity index (χ0) is 19.7. The number of aliphatic imine (C=N–C) groups is 1. The number of allylic oxidation sites excluding steroid dienone is 3. The van der Waals surface area contributed by atoms with Crippen molar-refractivity contribution in [1.29, 1.82) is 10.7 Å². The Bertz CT molecular complexity index is 834. The van der Waals surface area contributed by atoms with Crippen molar-refractivity contribution in [3.63, 3.8) is 0 Å². The maximum atomic E-state index is 13.0. The van der Waals surface area contributed by atoms with E-state index in [2.05, 4.69) is 16.9 Å². The lowest BCUT2D eigenvalue weighted by Crippen LogP contribution is -2.11. The number of benzene rings is 1. The first-order valence-electron chi connectivity index (χ1n) is 7.68. The zero-order valence-electron chi connectivity index (χ0n) is 14.9. The summed E-state index contributed by atoms with van der Waals surface area (Å²) in [6.07, 6.45) is 2.27. The molecule has 136 valence electrons. The van der Waals surface area contributed by atoms with E-state index in [0.717, 1.165) is 6.21 Å². The van der Waals surface area contributed by atoms with Crippen molar-refractivity contribution in [3.05, 3.63) is 64.4 Å². The summed E-state index contributed by atoms with van der Waals surface area (Å²) < 4.78 is 18.4. The van der Waals surface area contributed by atoms with E-state index >= 15 is 0 Å². The molecular weight excluding hydrogens is 355 g/mol. The Morgan fingerprint density at radius 1 is 1.50 bits per heavy atom. The molecule has 7 heteroatoms. The van der Waals surface area contributed by atoms with Gasteiger partial charge in [0, 0.05) is 22.7 Å². The van der Waals surface area contributed by atoms with Crippen LogP contribution in [0.25, 0.3) is 0 Å². The maximum Gasteiger partial charge on any atom is 0.206 e. The third kappa shape index (κ3) is 6.54. The Morgan fingerprint density at radius 3 is 2.73 bits per heavy atom. The standard InChI is InChI=1S/C19H20ClFN4O/c1-5-16(21)10-24-14(4)26-11-18(12(2)23)13(3)25-17-7-6-15(9-22)19(20)8-17/h5-8,10,23,25H,4,11H2,1-3H3/b16-5+,18-13-,23-12?,24-10-. The highest BCUT2D eigenvalue weighted by Crippen LogP contribution is 2.22. The van der Waals surface area contributed by atoms with Crippen molar-refractivity contribution >= 4 is 29.2 Å². The van der Waals surface area contributed by atoms with E-state index in [9.17, 15) is 4.39 Å². The fraction of sp³-hybridized carbons (Fsp3) is 0.211. The number of hydrogen-bond donors (Lipinski definition) is 2. The molecule has 1 aromatic rings. The average molecular weight is 375 g/mol. The molecule has 0 spiro atoms. The smallest absolute Gasteiger partial charge is 0.206 e. The van der Waals surface area contributed by atoms with Crippen LogP contribution in [-0.2, 0) is 4.74 Å². The van der Waals surface area contributed by atoms with Crippen LogP contribution in [0.5, 0.6) is 0 Å². The van der Waals surface area contributed by atoms with Gasteiger partial charge in [-0.15, -0.1) is 0 Å². The van der Waals surface area contributed by atoms with Crippen LogP contribution in [0.3, 0.4) is 0 Å². The minimum atomic E-state index is -0.496. The molecule has 0 saturated heterocycles. The van der Waals surface area contributed by atoms with Crippen molar-refractivity contribution in [1.82, 2.24) is 0 Å². The molecule has 2 N–H and O–H groups in total. The van der Waals surface area contributed by atoms with E-state index in [0.29, 0.717) is 33.3 Å². The van der Waals surface area contributed by atoms with Crippen LogP contribution in [0.15, 0.2) is 58.8 Å². The van der Waals surface area contributed by atoms with Crippen LogP contribution in [0.4, 0.5) is 10.1 Å². The molecule has 5 nitrogen and oxygen atoms in total. The average Bonchev–Trinajstić information content (AvgIpc) is 2.59. The number of nitrogens with zero attached hydrogens (tertiary/aromatic N) is 2. The van der Waals surface area contributed by atoms with Crippen LogP contribution < -0.4 is 5.32 Å². The zero-order valence-corrected chi connectivity index (χ0v) is 15.6. The molecule has 26 heavy (non-hydrogen) atoms. The Hall–Kier alpha value is -2.91. The van der Waals surface area contributed by atoms with Gasteiger partial charge in [-0.05, 0) is 45.5 Å². The van der Waals surface area contributed by atoms with Crippen LogP contribution in [0, 0.1) is 16.7 Å². The van der Waals surface area contributed by atoms with Crippen LogP contribution in [0.2, 0.25) is 5.02 Å². The fourth-order valence-corrected chi connectivity index (χ4v) is 2.10. The van der Waals surface area contributed by atoms with Gasteiger partial charge in [-0.3, -0.25) is 0 Å². The summed E-state index contributed by atoms with van der Waals surface area (Å²) in [5.74, 6) is -0.459. The Labute approximate surface area is 157 Å². The predicted octanol–water partition coefficient (Wildman–Crippen LogP) is 5.37. The van der Waals surface area contributed by atoms with E-state index in [1.807, 2.05) is 6.07 Å². The van der Waals surface area contributed by atoms with Gasteiger partial charge in [0.15, 0.2) is 0 Å². The van der Waals surface area contributed by atoms with E-state index in [-0.39, 0.29) is 12.5 Å². The lowest BCUT2D eigenvalue weighted by Gasteiger charge is -2.15. The van der Waals surface area contributed by atoms with Gasteiger partial charge >= 0.3 is 0 Å². The van der Waals surface area contributed by atoms with Gasteiger partial charge in [0.05, 0.1) is 16.8 Å². The maximum absolute atomic E-state index is 13.0. The van der Waals surface area contributed by atoms with Crippen molar-refractivity contribution in [2.24, 2.45) is 4.99 Å². The Morgan fingerprint density at radius 2 is 2.19 bits per heavy atom. The minimum absolute atomic E-state index is 0.0370. The van der Waals surface area contributed by atoms with Gasteiger partial charge in [0.25, 0.3) is 0 Å². The molecule has 1 rings (SSSR count). The van der Waals surface area contributed by atoms with E-state index in [1.165, 1.54) is 6.08 Å². The summed E-state index contributed by atoms with van der Waals surface area (Å²) in [5, 5.41) is 20.3. The molecule has 0 radical (unpaired) electrons. The number of halogens is 2.